The summed E-state index contributed by atoms with van der Waals surface area (Å²) < 4.78 is 0. The molecule has 0 aromatic heterocycles. The van der Waals surface area contributed by atoms with Crippen LogP contribution in [0.2, 0.25) is 5.02 Å². The van der Waals surface area contributed by atoms with Crippen LogP contribution >= 0.6 is 11.6 Å². The van der Waals surface area contributed by atoms with E-state index in [0.717, 1.165) is 11.1 Å². The third-order valence-corrected chi connectivity index (χ3v) is 4.88. The monoisotopic (exact) mass is 367 g/mol. The van der Waals surface area contributed by atoms with E-state index < -0.39 is 6.04 Å². The molecule has 2 amide bonds. The first-order valence-corrected chi connectivity index (χ1v) is 8.68. The predicted octanol–water partition coefficient (Wildman–Crippen LogP) is 2.97. The van der Waals surface area contributed by atoms with Crippen molar-refractivity contribution in [2.45, 2.75) is 26.1 Å². The van der Waals surface area contributed by atoms with E-state index in [1.54, 1.807) is 36.1 Å². The summed E-state index contributed by atoms with van der Waals surface area (Å²) >= 11 is 6.17. The smallest absolute Gasteiger partial charge is 0.245 e. The Kier molecular flexibility index (Phi) is 5.24. The van der Waals surface area contributed by atoms with Crippen molar-refractivity contribution < 1.29 is 9.59 Å². The maximum atomic E-state index is 12.7. The highest BCUT2D eigenvalue weighted by Gasteiger charge is 2.36. The Morgan fingerprint density at radius 2 is 1.92 bits per heavy atom. The Morgan fingerprint density at radius 1 is 1.15 bits per heavy atom. The molecule has 1 aliphatic heterocycles. The first-order valence-electron chi connectivity index (χ1n) is 8.30. The maximum Gasteiger partial charge on any atom is 0.245 e. The number of halogens is 1. The minimum Gasteiger partial charge on any atom is -0.327 e. The third kappa shape index (κ3) is 3.71. The summed E-state index contributed by atoms with van der Waals surface area (Å²) in [4.78, 5) is 28.5. The van der Waals surface area contributed by atoms with Gasteiger partial charge < -0.3 is 9.80 Å². The lowest BCUT2D eigenvalue weighted by atomic mass is 10.1. The van der Waals surface area contributed by atoms with E-state index in [4.69, 9.17) is 16.9 Å². The Morgan fingerprint density at radius 3 is 2.65 bits per heavy atom. The quantitative estimate of drug-likeness (QED) is 0.834. The zero-order valence-electron chi connectivity index (χ0n) is 14.4. The summed E-state index contributed by atoms with van der Waals surface area (Å²) in [6.07, 6.45) is 0. The number of nitriles is 1. The number of rotatable bonds is 4. The van der Waals surface area contributed by atoms with Gasteiger partial charge in [-0.25, -0.2) is 0 Å². The maximum absolute atomic E-state index is 12.7. The van der Waals surface area contributed by atoms with Crippen molar-refractivity contribution in [3.05, 3.63) is 70.2 Å². The molecule has 0 N–H and O–H groups in total. The molecule has 0 bridgehead atoms. The Labute approximate surface area is 157 Å². The molecule has 132 valence electrons. The van der Waals surface area contributed by atoms with Crippen molar-refractivity contribution >= 4 is 23.4 Å². The first-order chi connectivity index (χ1) is 12.5. The second-order valence-electron chi connectivity index (χ2n) is 6.30. The molecule has 0 radical (unpaired) electrons. The molecule has 0 spiro atoms. The normalized spacial score (nSPS) is 17.3. The van der Waals surface area contributed by atoms with Crippen LogP contribution < -0.4 is 0 Å². The van der Waals surface area contributed by atoms with Gasteiger partial charge in [-0.1, -0.05) is 41.9 Å². The highest BCUT2D eigenvalue weighted by Crippen LogP contribution is 2.22. The van der Waals surface area contributed by atoms with Gasteiger partial charge in [0.1, 0.15) is 12.6 Å². The van der Waals surface area contributed by atoms with E-state index in [9.17, 15) is 9.59 Å². The number of hydrogen-bond acceptors (Lipinski definition) is 3. The van der Waals surface area contributed by atoms with Gasteiger partial charge in [0.15, 0.2) is 0 Å². The van der Waals surface area contributed by atoms with Crippen LogP contribution in [0.15, 0.2) is 48.5 Å². The highest BCUT2D eigenvalue weighted by atomic mass is 35.5. The highest BCUT2D eigenvalue weighted by molar-refractivity contribution is 6.31. The minimum absolute atomic E-state index is 0.0202. The number of carbonyl (C=O) groups excluding carboxylic acids is 2. The van der Waals surface area contributed by atoms with Gasteiger partial charge in [0.05, 0.1) is 11.6 Å². The lowest BCUT2D eigenvalue weighted by molar-refractivity contribution is -0.156. The molecule has 1 heterocycles. The van der Waals surface area contributed by atoms with Crippen molar-refractivity contribution in [1.82, 2.24) is 9.80 Å². The summed E-state index contributed by atoms with van der Waals surface area (Å²) in [7, 11) is 0. The van der Waals surface area contributed by atoms with Crippen molar-refractivity contribution in [2.24, 2.45) is 0 Å². The van der Waals surface area contributed by atoms with Crippen LogP contribution in [0.1, 0.15) is 23.6 Å². The summed E-state index contributed by atoms with van der Waals surface area (Å²) in [5, 5.41) is 9.59. The molecule has 6 heteroatoms. The second-order valence-corrected chi connectivity index (χ2v) is 6.70. The van der Waals surface area contributed by atoms with Crippen LogP contribution in [-0.2, 0) is 22.7 Å². The fourth-order valence-corrected chi connectivity index (χ4v) is 3.27. The van der Waals surface area contributed by atoms with Crippen molar-refractivity contribution in [2.75, 3.05) is 6.54 Å². The number of carbonyl (C=O) groups is 2. The number of benzene rings is 2. The molecule has 2 aromatic rings. The van der Waals surface area contributed by atoms with Gasteiger partial charge in [0.25, 0.3) is 0 Å². The molecule has 1 aliphatic rings. The SMILES string of the molecule is C[C@H]1C(=O)N(Cc2ccccc2Cl)CC(=O)N1Cc1cccc(C#N)c1. The molecule has 5 nitrogen and oxygen atoms in total. The molecular weight excluding hydrogens is 350 g/mol. The Bertz CT molecular complexity index is 891. The van der Waals surface area contributed by atoms with Crippen LogP contribution in [0, 0.1) is 11.3 Å². The van der Waals surface area contributed by atoms with E-state index in [1.165, 1.54) is 4.90 Å². The van der Waals surface area contributed by atoms with E-state index in [2.05, 4.69) is 6.07 Å². The summed E-state index contributed by atoms with van der Waals surface area (Å²) in [6, 6.07) is 15.9. The average Bonchev–Trinajstić information content (AvgIpc) is 2.65. The van der Waals surface area contributed by atoms with Crippen molar-refractivity contribution in [3.8, 4) is 6.07 Å². The average molecular weight is 368 g/mol. The third-order valence-electron chi connectivity index (χ3n) is 4.51. The molecule has 0 unspecified atom stereocenters. The molecular formula is C20H18ClN3O2. The van der Waals surface area contributed by atoms with E-state index >= 15 is 0 Å². The van der Waals surface area contributed by atoms with Gasteiger partial charge >= 0.3 is 0 Å². The number of nitrogens with zero attached hydrogens (tertiary/aromatic N) is 3. The van der Waals surface area contributed by atoms with Crippen LogP contribution in [0.5, 0.6) is 0 Å². The molecule has 26 heavy (non-hydrogen) atoms. The summed E-state index contributed by atoms with van der Waals surface area (Å²) in [6.45, 7) is 2.37. The van der Waals surface area contributed by atoms with Gasteiger partial charge in [-0.05, 0) is 36.2 Å². The largest absolute Gasteiger partial charge is 0.327 e. The standard InChI is InChI=1S/C20H18ClN3O2/c1-14-20(26)23(12-17-7-2-3-8-18(17)21)13-19(25)24(14)11-16-6-4-5-15(9-16)10-22/h2-9,14H,11-13H2,1H3/t14-/m0/s1. The lowest BCUT2D eigenvalue weighted by Crippen LogP contribution is -2.58. The van der Waals surface area contributed by atoms with Crippen molar-refractivity contribution in [3.63, 3.8) is 0 Å². The van der Waals surface area contributed by atoms with Crippen molar-refractivity contribution in [1.29, 1.82) is 5.26 Å². The predicted molar refractivity (Wildman–Crippen MR) is 98.0 cm³/mol. The number of hydrogen-bond donors (Lipinski definition) is 0. The molecule has 0 saturated carbocycles. The van der Waals surface area contributed by atoms with Crippen LogP contribution in [0.3, 0.4) is 0 Å². The zero-order valence-corrected chi connectivity index (χ0v) is 15.1. The van der Waals surface area contributed by atoms with E-state index in [0.29, 0.717) is 23.7 Å². The van der Waals surface area contributed by atoms with Crippen LogP contribution in [-0.4, -0.2) is 34.2 Å². The van der Waals surface area contributed by atoms with Gasteiger partial charge in [0.2, 0.25) is 11.8 Å². The molecule has 1 fully saturated rings. The van der Waals surface area contributed by atoms with Gasteiger partial charge in [-0.15, -0.1) is 0 Å². The van der Waals surface area contributed by atoms with Gasteiger partial charge in [0, 0.05) is 18.1 Å². The number of piperazine rings is 1. The lowest BCUT2D eigenvalue weighted by Gasteiger charge is -2.39. The first kappa shape index (κ1) is 18.0. The van der Waals surface area contributed by atoms with Gasteiger partial charge in [-0.3, -0.25) is 9.59 Å². The molecule has 2 aromatic carbocycles. The topological polar surface area (TPSA) is 64.4 Å². The number of amides is 2. The van der Waals surface area contributed by atoms with Crippen LogP contribution in [0.25, 0.3) is 0 Å². The zero-order chi connectivity index (χ0) is 18.7. The van der Waals surface area contributed by atoms with E-state index in [-0.39, 0.29) is 18.4 Å². The Balaban J connectivity index is 1.75. The second kappa shape index (κ2) is 7.59. The summed E-state index contributed by atoms with van der Waals surface area (Å²) in [5.41, 5.74) is 2.18. The fraction of sp³-hybridized carbons (Fsp3) is 0.250. The fourth-order valence-electron chi connectivity index (χ4n) is 3.07. The van der Waals surface area contributed by atoms with E-state index in [1.807, 2.05) is 24.3 Å². The van der Waals surface area contributed by atoms with Crippen LogP contribution in [0.4, 0.5) is 0 Å². The molecule has 3 rings (SSSR count). The molecule has 0 aliphatic carbocycles. The van der Waals surface area contributed by atoms with Gasteiger partial charge in [-0.2, -0.15) is 5.26 Å². The molecule has 1 saturated heterocycles. The summed E-state index contributed by atoms with van der Waals surface area (Å²) in [5.74, 6) is -0.229. The minimum atomic E-state index is -0.565. The Hall–Kier alpha value is -2.84. The molecule has 1 atom stereocenters.